The third-order valence-corrected chi connectivity index (χ3v) is 6.34. The van der Waals surface area contributed by atoms with Crippen LogP contribution in [0.25, 0.3) is 11.1 Å². The molecule has 2 heterocycles. The molecule has 5 heteroatoms. The molecule has 2 atom stereocenters. The molecule has 0 aromatic heterocycles. The van der Waals surface area contributed by atoms with Gasteiger partial charge in [-0.2, -0.15) is 0 Å². The molecule has 33 heavy (non-hydrogen) atoms. The minimum Gasteiger partial charge on any atom is -0.463 e. The zero-order valence-electron chi connectivity index (χ0n) is 18.8. The second-order valence-corrected chi connectivity index (χ2v) is 8.26. The average molecular weight is 439 g/mol. The highest BCUT2D eigenvalue weighted by molar-refractivity contribution is 5.93. The Labute approximate surface area is 193 Å². The van der Waals surface area contributed by atoms with Gasteiger partial charge in [-0.3, -0.25) is 9.80 Å². The standard InChI is InChI=1S/C28H26N2O3/c1-3-33-28(32)24-17-18-26-23-14-8-7-13-21(23)22-15-9-10-16-25(22)30(26)29(19(2)31)27(24)20-11-5-4-6-12-20/h4-17,26-27H,3,18H2,1-2H3/t26-,27+/m1/s1. The lowest BCUT2D eigenvalue weighted by molar-refractivity contribution is -0.140. The smallest absolute Gasteiger partial charge is 0.336 e. The van der Waals surface area contributed by atoms with Gasteiger partial charge in [-0.1, -0.05) is 78.9 Å². The largest absolute Gasteiger partial charge is 0.463 e. The molecule has 0 aliphatic carbocycles. The molecular formula is C28H26N2O3. The van der Waals surface area contributed by atoms with E-state index in [2.05, 4.69) is 23.2 Å². The van der Waals surface area contributed by atoms with Crippen molar-refractivity contribution in [3.8, 4) is 11.1 Å². The van der Waals surface area contributed by atoms with Crippen molar-refractivity contribution in [3.05, 3.63) is 102 Å². The number of amides is 1. The van der Waals surface area contributed by atoms with Crippen LogP contribution in [0.4, 0.5) is 5.69 Å². The van der Waals surface area contributed by atoms with E-state index in [0.717, 1.165) is 27.9 Å². The summed E-state index contributed by atoms with van der Waals surface area (Å²) in [6.45, 7) is 3.63. The zero-order valence-corrected chi connectivity index (χ0v) is 18.8. The molecule has 166 valence electrons. The zero-order chi connectivity index (χ0) is 22.9. The number of ether oxygens (including phenoxy) is 1. The molecule has 3 aromatic carbocycles. The third kappa shape index (κ3) is 3.50. The van der Waals surface area contributed by atoms with Crippen LogP contribution in [-0.4, -0.2) is 23.5 Å². The first kappa shape index (κ1) is 21.0. The number of nitrogens with zero attached hydrogens (tertiary/aromatic N) is 2. The van der Waals surface area contributed by atoms with Gasteiger partial charge in [0, 0.05) is 12.5 Å². The minimum absolute atomic E-state index is 0.127. The summed E-state index contributed by atoms with van der Waals surface area (Å²) in [5, 5.41) is 3.82. The van der Waals surface area contributed by atoms with Gasteiger partial charge in [0.15, 0.2) is 0 Å². The summed E-state index contributed by atoms with van der Waals surface area (Å²) in [4.78, 5) is 26.5. The summed E-state index contributed by atoms with van der Waals surface area (Å²) in [6, 6.07) is 25.4. The van der Waals surface area contributed by atoms with Crippen molar-refractivity contribution in [1.29, 1.82) is 0 Å². The monoisotopic (exact) mass is 438 g/mol. The van der Waals surface area contributed by atoms with Crippen LogP contribution in [0.5, 0.6) is 0 Å². The summed E-state index contributed by atoms with van der Waals surface area (Å²) in [7, 11) is 0. The molecule has 3 aromatic rings. The Morgan fingerprint density at radius 1 is 0.909 bits per heavy atom. The molecule has 2 aliphatic rings. The fourth-order valence-corrected chi connectivity index (χ4v) is 5.03. The van der Waals surface area contributed by atoms with Crippen molar-refractivity contribution < 1.29 is 14.3 Å². The molecule has 1 amide bonds. The molecule has 5 nitrogen and oxygen atoms in total. The van der Waals surface area contributed by atoms with Gasteiger partial charge in [0.05, 0.1) is 23.9 Å². The molecule has 0 fully saturated rings. The Bertz CT molecular complexity index is 1230. The predicted molar refractivity (Wildman–Crippen MR) is 128 cm³/mol. The number of carbonyl (C=O) groups is 2. The number of para-hydroxylation sites is 1. The third-order valence-electron chi connectivity index (χ3n) is 6.34. The Hall–Kier alpha value is -3.86. The van der Waals surface area contributed by atoms with Crippen molar-refractivity contribution in [1.82, 2.24) is 5.01 Å². The number of rotatable bonds is 3. The van der Waals surface area contributed by atoms with Gasteiger partial charge >= 0.3 is 5.97 Å². The molecule has 0 unspecified atom stereocenters. The Kier molecular flexibility index (Phi) is 5.47. The molecule has 2 aliphatic heterocycles. The van der Waals surface area contributed by atoms with Crippen LogP contribution < -0.4 is 5.01 Å². The quantitative estimate of drug-likeness (QED) is 0.499. The van der Waals surface area contributed by atoms with E-state index in [1.807, 2.05) is 66.7 Å². The summed E-state index contributed by atoms with van der Waals surface area (Å²) in [5.41, 5.74) is 5.67. The van der Waals surface area contributed by atoms with Gasteiger partial charge in [0.2, 0.25) is 5.91 Å². The number of hydrogen-bond acceptors (Lipinski definition) is 4. The lowest BCUT2D eigenvalue weighted by Gasteiger charge is -2.47. The molecule has 0 saturated heterocycles. The maximum atomic E-state index is 13.3. The summed E-state index contributed by atoms with van der Waals surface area (Å²) in [5.74, 6) is -0.529. The van der Waals surface area contributed by atoms with Crippen LogP contribution in [0, 0.1) is 0 Å². The van der Waals surface area contributed by atoms with Gasteiger partial charge in [0.1, 0.15) is 6.04 Å². The highest BCUT2D eigenvalue weighted by Gasteiger charge is 2.43. The predicted octanol–water partition coefficient (Wildman–Crippen LogP) is 5.61. The van der Waals surface area contributed by atoms with Crippen LogP contribution in [0.2, 0.25) is 0 Å². The highest BCUT2D eigenvalue weighted by Crippen LogP contribution is 2.50. The van der Waals surface area contributed by atoms with Crippen molar-refractivity contribution in [2.75, 3.05) is 11.6 Å². The van der Waals surface area contributed by atoms with E-state index in [0.29, 0.717) is 12.0 Å². The molecule has 0 radical (unpaired) electrons. The van der Waals surface area contributed by atoms with Crippen LogP contribution in [0.15, 0.2) is 90.5 Å². The normalized spacial score (nSPS) is 18.9. The number of carbonyl (C=O) groups excluding carboxylic acids is 2. The van der Waals surface area contributed by atoms with Crippen molar-refractivity contribution >= 4 is 17.6 Å². The van der Waals surface area contributed by atoms with Crippen molar-refractivity contribution in [2.24, 2.45) is 0 Å². The molecule has 0 spiro atoms. The highest BCUT2D eigenvalue weighted by atomic mass is 16.5. The lowest BCUT2D eigenvalue weighted by atomic mass is 9.87. The fourth-order valence-electron chi connectivity index (χ4n) is 5.03. The first-order valence-corrected chi connectivity index (χ1v) is 11.3. The minimum atomic E-state index is -0.592. The summed E-state index contributed by atoms with van der Waals surface area (Å²) < 4.78 is 5.45. The van der Waals surface area contributed by atoms with Crippen molar-refractivity contribution in [2.45, 2.75) is 32.4 Å². The lowest BCUT2D eigenvalue weighted by Crippen LogP contribution is -2.50. The maximum Gasteiger partial charge on any atom is 0.336 e. The number of hydrogen-bond donors (Lipinski definition) is 0. The van der Waals surface area contributed by atoms with Crippen molar-refractivity contribution in [3.63, 3.8) is 0 Å². The molecular weight excluding hydrogens is 412 g/mol. The number of benzene rings is 3. The van der Waals surface area contributed by atoms with E-state index in [1.54, 1.807) is 18.9 Å². The van der Waals surface area contributed by atoms with Gasteiger partial charge in [-0.25, -0.2) is 9.80 Å². The van der Waals surface area contributed by atoms with E-state index in [1.165, 1.54) is 0 Å². The van der Waals surface area contributed by atoms with E-state index < -0.39 is 6.04 Å². The van der Waals surface area contributed by atoms with Crippen LogP contribution in [0.1, 0.15) is 43.5 Å². The summed E-state index contributed by atoms with van der Waals surface area (Å²) >= 11 is 0. The molecule has 5 rings (SSSR count). The average Bonchev–Trinajstić information content (AvgIpc) is 3.03. The summed E-state index contributed by atoms with van der Waals surface area (Å²) in [6.07, 6.45) is 2.54. The Morgan fingerprint density at radius 3 is 2.30 bits per heavy atom. The Morgan fingerprint density at radius 2 is 1.58 bits per heavy atom. The van der Waals surface area contributed by atoms with E-state index in [4.69, 9.17) is 4.74 Å². The van der Waals surface area contributed by atoms with E-state index in [9.17, 15) is 9.59 Å². The van der Waals surface area contributed by atoms with Gasteiger partial charge in [-0.15, -0.1) is 0 Å². The Balaban J connectivity index is 1.77. The number of esters is 1. The second kappa shape index (κ2) is 8.58. The topological polar surface area (TPSA) is 49.9 Å². The van der Waals surface area contributed by atoms with E-state index >= 15 is 0 Å². The van der Waals surface area contributed by atoms with Crippen LogP contribution >= 0.6 is 0 Å². The maximum absolute atomic E-state index is 13.3. The number of fused-ring (bicyclic) bond motifs is 6. The van der Waals surface area contributed by atoms with Gasteiger partial charge in [0.25, 0.3) is 0 Å². The van der Waals surface area contributed by atoms with Crippen LogP contribution in [0.3, 0.4) is 0 Å². The van der Waals surface area contributed by atoms with Gasteiger partial charge < -0.3 is 4.74 Å². The molecule has 0 bridgehead atoms. The van der Waals surface area contributed by atoms with Gasteiger partial charge in [-0.05, 0) is 36.1 Å². The first-order valence-electron chi connectivity index (χ1n) is 11.3. The SMILES string of the molecule is CCOC(=O)C1=CC[C@@H]2c3ccccc3-c3ccccc3N2N(C(C)=O)[C@H]1c1ccccc1. The number of anilines is 1. The first-order chi connectivity index (χ1) is 16.1. The number of hydrazine groups is 1. The fraction of sp³-hybridized carbons (Fsp3) is 0.214. The second-order valence-electron chi connectivity index (χ2n) is 8.26. The van der Waals surface area contributed by atoms with Crippen LogP contribution in [-0.2, 0) is 14.3 Å². The molecule has 0 N–H and O–H groups in total. The molecule has 0 saturated carbocycles. The van der Waals surface area contributed by atoms with E-state index in [-0.39, 0.29) is 24.5 Å².